The van der Waals surface area contributed by atoms with Crippen molar-refractivity contribution in [2.24, 2.45) is 0 Å². The molecule has 0 saturated heterocycles. The molecule has 0 aliphatic heterocycles. The molecule has 0 atom stereocenters. The van der Waals surface area contributed by atoms with Crippen molar-refractivity contribution in [3.05, 3.63) is 28.8 Å². The molecule has 0 fully saturated rings. The summed E-state index contributed by atoms with van der Waals surface area (Å²) < 4.78 is 0. The maximum Gasteiger partial charge on any atom is 0.253 e. The maximum atomic E-state index is 11.8. The second-order valence-corrected chi connectivity index (χ2v) is 4.12. The number of benzene rings is 1. The number of anilines is 1. The molecule has 1 aromatic carbocycles. The van der Waals surface area contributed by atoms with Crippen molar-refractivity contribution in [2.45, 2.75) is 13.3 Å². The number of nitrogen functional groups attached to an aromatic ring is 1. The molecule has 0 heterocycles. The Morgan fingerprint density at radius 1 is 1.33 bits per heavy atom. The number of amides is 2. The standard InChI is InChI=1S/C12H16ClN3O2/c1-2-6-15-10(17)7-16-12(18)8-4-3-5-9(14)11(8)13/h3-5H,2,6-7,14H2,1H3,(H,15,17)(H,16,18). The fraction of sp³-hybridized carbons (Fsp3) is 0.333. The summed E-state index contributed by atoms with van der Waals surface area (Å²) in [5.74, 6) is -0.649. The first-order valence-corrected chi connectivity index (χ1v) is 6.03. The van der Waals surface area contributed by atoms with E-state index in [-0.39, 0.29) is 23.0 Å². The third-order valence-electron chi connectivity index (χ3n) is 2.25. The van der Waals surface area contributed by atoms with E-state index in [9.17, 15) is 9.59 Å². The molecule has 6 heteroatoms. The van der Waals surface area contributed by atoms with Crippen LogP contribution in [0.4, 0.5) is 5.69 Å². The highest BCUT2D eigenvalue weighted by Crippen LogP contribution is 2.22. The van der Waals surface area contributed by atoms with E-state index < -0.39 is 5.91 Å². The van der Waals surface area contributed by atoms with Gasteiger partial charge in [-0.05, 0) is 18.6 Å². The number of nitrogens with one attached hydrogen (secondary N) is 2. The number of carbonyl (C=O) groups excluding carboxylic acids is 2. The lowest BCUT2D eigenvalue weighted by Crippen LogP contribution is -2.37. The fourth-order valence-electron chi connectivity index (χ4n) is 1.31. The Morgan fingerprint density at radius 3 is 2.72 bits per heavy atom. The summed E-state index contributed by atoms with van der Waals surface area (Å²) in [5.41, 5.74) is 6.19. The quantitative estimate of drug-likeness (QED) is 0.702. The highest BCUT2D eigenvalue weighted by molar-refractivity contribution is 6.36. The van der Waals surface area contributed by atoms with Gasteiger partial charge in [-0.25, -0.2) is 0 Å². The molecule has 1 rings (SSSR count). The first kappa shape index (κ1) is 14.3. The first-order valence-electron chi connectivity index (χ1n) is 5.65. The van der Waals surface area contributed by atoms with E-state index in [0.717, 1.165) is 6.42 Å². The lowest BCUT2D eigenvalue weighted by molar-refractivity contribution is -0.120. The van der Waals surface area contributed by atoms with E-state index >= 15 is 0 Å². The van der Waals surface area contributed by atoms with Gasteiger partial charge in [0, 0.05) is 6.54 Å². The second-order valence-electron chi connectivity index (χ2n) is 3.74. The highest BCUT2D eigenvalue weighted by Gasteiger charge is 2.12. The minimum absolute atomic E-state index is 0.0794. The summed E-state index contributed by atoms with van der Waals surface area (Å²) in [7, 11) is 0. The number of nitrogens with two attached hydrogens (primary N) is 1. The van der Waals surface area contributed by atoms with Gasteiger partial charge in [0.05, 0.1) is 22.8 Å². The smallest absolute Gasteiger partial charge is 0.253 e. The molecule has 0 aliphatic carbocycles. The summed E-state index contributed by atoms with van der Waals surface area (Å²) in [6.07, 6.45) is 0.848. The van der Waals surface area contributed by atoms with Crippen molar-refractivity contribution in [3.63, 3.8) is 0 Å². The van der Waals surface area contributed by atoms with Gasteiger partial charge in [-0.1, -0.05) is 24.6 Å². The molecular weight excluding hydrogens is 254 g/mol. The predicted molar refractivity (Wildman–Crippen MR) is 71.5 cm³/mol. The van der Waals surface area contributed by atoms with E-state index in [1.807, 2.05) is 6.92 Å². The molecule has 0 spiro atoms. The molecule has 18 heavy (non-hydrogen) atoms. The molecule has 98 valence electrons. The Morgan fingerprint density at radius 2 is 2.06 bits per heavy atom. The molecule has 0 radical (unpaired) electrons. The molecule has 0 bridgehead atoms. The Bertz CT molecular complexity index is 449. The van der Waals surface area contributed by atoms with Gasteiger partial charge in [0.25, 0.3) is 5.91 Å². The van der Waals surface area contributed by atoms with E-state index in [4.69, 9.17) is 17.3 Å². The molecular formula is C12H16ClN3O2. The van der Waals surface area contributed by atoms with Gasteiger partial charge in [0.15, 0.2) is 0 Å². The zero-order valence-electron chi connectivity index (χ0n) is 10.1. The average molecular weight is 270 g/mol. The molecule has 0 unspecified atom stereocenters. The van der Waals surface area contributed by atoms with E-state index in [1.54, 1.807) is 18.2 Å². The van der Waals surface area contributed by atoms with Crippen molar-refractivity contribution in [1.29, 1.82) is 0 Å². The van der Waals surface area contributed by atoms with Crippen molar-refractivity contribution in [3.8, 4) is 0 Å². The number of rotatable bonds is 5. The topological polar surface area (TPSA) is 84.2 Å². The van der Waals surface area contributed by atoms with Crippen LogP contribution in [0, 0.1) is 0 Å². The maximum absolute atomic E-state index is 11.8. The highest BCUT2D eigenvalue weighted by atomic mass is 35.5. The van der Waals surface area contributed by atoms with E-state index in [0.29, 0.717) is 12.2 Å². The van der Waals surface area contributed by atoms with Crippen LogP contribution in [0.2, 0.25) is 5.02 Å². The Kier molecular flexibility index (Phi) is 5.45. The Labute approximate surface area is 111 Å². The average Bonchev–Trinajstić information content (AvgIpc) is 2.36. The molecule has 5 nitrogen and oxygen atoms in total. The van der Waals surface area contributed by atoms with Crippen molar-refractivity contribution in [1.82, 2.24) is 10.6 Å². The van der Waals surface area contributed by atoms with Crippen LogP contribution in [0.1, 0.15) is 23.7 Å². The normalized spacial score (nSPS) is 9.89. The molecule has 4 N–H and O–H groups in total. The third-order valence-corrected chi connectivity index (χ3v) is 2.68. The van der Waals surface area contributed by atoms with Crippen molar-refractivity contribution >= 4 is 29.1 Å². The van der Waals surface area contributed by atoms with Crippen molar-refractivity contribution in [2.75, 3.05) is 18.8 Å². The van der Waals surface area contributed by atoms with Gasteiger partial charge in [-0.15, -0.1) is 0 Å². The summed E-state index contributed by atoms with van der Waals surface area (Å²) in [4.78, 5) is 23.1. The number of hydrogen-bond donors (Lipinski definition) is 3. The van der Waals surface area contributed by atoms with Crippen molar-refractivity contribution < 1.29 is 9.59 Å². The van der Waals surface area contributed by atoms with Gasteiger partial charge in [-0.3, -0.25) is 9.59 Å². The summed E-state index contributed by atoms with van der Waals surface area (Å²) in [5, 5.41) is 5.34. The minimum Gasteiger partial charge on any atom is -0.398 e. The summed E-state index contributed by atoms with van der Waals surface area (Å²) >= 11 is 5.90. The lowest BCUT2D eigenvalue weighted by atomic mass is 10.2. The Balaban J connectivity index is 2.55. The van der Waals surface area contributed by atoms with Crippen LogP contribution >= 0.6 is 11.6 Å². The predicted octanol–water partition coefficient (Wildman–Crippen LogP) is 1.18. The van der Waals surface area contributed by atoms with Crippen LogP contribution in [-0.2, 0) is 4.79 Å². The van der Waals surface area contributed by atoms with Crippen LogP contribution < -0.4 is 16.4 Å². The van der Waals surface area contributed by atoms with Crippen LogP contribution in [0.15, 0.2) is 18.2 Å². The van der Waals surface area contributed by atoms with Gasteiger partial charge in [0.1, 0.15) is 0 Å². The summed E-state index contributed by atoms with van der Waals surface area (Å²) in [6.45, 7) is 2.46. The van der Waals surface area contributed by atoms with Gasteiger partial charge < -0.3 is 16.4 Å². The van der Waals surface area contributed by atoms with Gasteiger partial charge in [-0.2, -0.15) is 0 Å². The Hall–Kier alpha value is -1.75. The van der Waals surface area contributed by atoms with Crippen LogP contribution in [0.3, 0.4) is 0 Å². The fourth-order valence-corrected chi connectivity index (χ4v) is 1.52. The number of carbonyl (C=O) groups is 2. The van der Waals surface area contributed by atoms with Gasteiger partial charge >= 0.3 is 0 Å². The molecule has 1 aromatic rings. The molecule has 0 saturated carbocycles. The number of halogens is 1. The van der Waals surface area contributed by atoms with Crippen LogP contribution in [0.5, 0.6) is 0 Å². The zero-order valence-corrected chi connectivity index (χ0v) is 10.9. The van der Waals surface area contributed by atoms with E-state index in [2.05, 4.69) is 10.6 Å². The minimum atomic E-state index is -0.418. The van der Waals surface area contributed by atoms with Crippen LogP contribution in [-0.4, -0.2) is 24.9 Å². The lowest BCUT2D eigenvalue weighted by Gasteiger charge is -2.08. The van der Waals surface area contributed by atoms with Crippen LogP contribution in [0.25, 0.3) is 0 Å². The molecule has 0 aliphatic rings. The first-order chi connectivity index (χ1) is 8.56. The zero-order chi connectivity index (χ0) is 13.5. The van der Waals surface area contributed by atoms with Gasteiger partial charge in [0.2, 0.25) is 5.91 Å². The second kappa shape index (κ2) is 6.86. The number of hydrogen-bond acceptors (Lipinski definition) is 3. The summed E-state index contributed by atoms with van der Waals surface area (Å²) in [6, 6.07) is 4.79. The van der Waals surface area contributed by atoms with E-state index in [1.165, 1.54) is 0 Å². The SMILES string of the molecule is CCCNC(=O)CNC(=O)c1cccc(N)c1Cl. The monoisotopic (exact) mass is 269 g/mol. The molecule has 0 aromatic heterocycles. The third kappa shape index (κ3) is 3.92. The largest absolute Gasteiger partial charge is 0.398 e. The molecule has 2 amide bonds.